The van der Waals surface area contributed by atoms with Crippen LogP contribution < -0.4 is 10.1 Å². The van der Waals surface area contributed by atoms with E-state index in [1.807, 2.05) is 0 Å². The monoisotopic (exact) mass is 458 g/mol. The molecule has 0 aliphatic carbocycles. The molecule has 0 aliphatic rings. The second-order valence-electron chi connectivity index (χ2n) is 5.77. The number of carbonyl (C=O) groups is 2. The molecule has 0 saturated heterocycles. The SMILES string of the molecule is C=CCc1cc(/C=C(/C#N)C(=O)Nc2ccccc2F)cc(Br)c1OCC(=O)O. The van der Waals surface area contributed by atoms with Crippen LogP contribution in [0.15, 0.2) is 59.1 Å². The molecule has 2 aromatic rings. The number of nitriles is 1. The fourth-order valence-corrected chi connectivity index (χ4v) is 3.06. The van der Waals surface area contributed by atoms with Crippen LogP contribution in [0.1, 0.15) is 11.1 Å². The molecule has 29 heavy (non-hydrogen) atoms. The molecule has 0 heterocycles. The van der Waals surface area contributed by atoms with Gasteiger partial charge in [-0.15, -0.1) is 6.58 Å². The Morgan fingerprint density at radius 2 is 2.07 bits per heavy atom. The number of amides is 1. The number of allylic oxidation sites excluding steroid dienone is 1. The Balaban J connectivity index is 2.35. The third-order valence-electron chi connectivity index (χ3n) is 3.65. The summed E-state index contributed by atoms with van der Waals surface area (Å²) in [4.78, 5) is 23.1. The molecule has 0 unspecified atom stereocenters. The number of anilines is 1. The fraction of sp³-hybridized carbons (Fsp3) is 0.0952. The molecule has 2 N–H and O–H groups in total. The number of ether oxygens (including phenoxy) is 1. The van der Waals surface area contributed by atoms with E-state index < -0.39 is 24.3 Å². The molecule has 0 fully saturated rings. The molecule has 148 valence electrons. The van der Waals surface area contributed by atoms with Crippen molar-refractivity contribution in [3.05, 3.63) is 76.0 Å². The quantitative estimate of drug-likeness (QED) is 0.348. The third kappa shape index (κ3) is 6.02. The molecule has 0 saturated carbocycles. The molecule has 0 aliphatic heterocycles. The number of nitrogens with zero attached hydrogens (tertiary/aromatic N) is 1. The predicted molar refractivity (Wildman–Crippen MR) is 110 cm³/mol. The summed E-state index contributed by atoms with van der Waals surface area (Å²) < 4.78 is 19.5. The van der Waals surface area contributed by atoms with Gasteiger partial charge in [0.1, 0.15) is 23.2 Å². The molecular weight excluding hydrogens is 443 g/mol. The topological polar surface area (TPSA) is 99.4 Å². The van der Waals surface area contributed by atoms with E-state index in [1.54, 1.807) is 30.3 Å². The van der Waals surface area contributed by atoms with Crippen molar-refractivity contribution in [2.24, 2.45) is 0 Å². The maximum absolute atomic E-state index is 13.7. The van der Waals surface area contributed by atoms with E-state index in [9.17, 15) is 19.2 Å². The number of nitrogens with one attached hydrogen (secondary N) is 1. The molecule has 2 aromatic carbocycles. The number of benzene rings is 2. The highest BCUT2D eigenvalue weighted by molar-refractivity contribution is 9.10. The number of carboxylic acids is 1. The van der Waals surface area contributed by atoms with E-state index in [2.05, 4.69) is 27.8 Å². The van der Waals surface area contributed by atoms with E-state index in [1.165, 1.54) is 24.3 Å². The Hall–Kier alpha value is -3.44. The lowest BCUT2D eigenvalue weighted by atomic mass is 10.0. The number of halogens is 2. The number of carbonyl (C=O) groups excluding carboxylic acids is 1. The van der Waals surface area contributed by atoms with Crippen LogP contribution in [0.5, 0.6) is 5.75 Å². The molecule has 0 aromatic heterocycles. The standard InChI is InChI=1S/C21H16BrFN2O4/c1-2-5-14-8-13(10-16(22)20(14)29-12-19(26)27)9-15(11-24)21(28)25-18-7-4-3-6-17(18)23/h2-4,6-10H,1,5,12H2,(H,25,28)(H,26,27)/b15-9-. The van der Waals surface area contributed by atoms with Crippen molar-refractivity contribution in [3.63, 3.8) is 0 Å². The van der Waals surface area contributed by atoms with E-state index in [-0.39, 0.29) is 11.3 Å². The van der Waals surface area contributed by atoms with Gasteiger partial charge in [-0.25, -0.2) is 9.18 Å². The lowest BCUT2D eigenvalue weighted by molar-refractivity contribution is -0.139. The summed E-state index contributed by atoms with van der Waals surface area (Å²) in [6, 6.07) is 10.7. The second kappa shape index (κ2) is 10.2. The summed E-state index contributed by atoms with van der Waals surface area (Å²) in [5.74, 6) is -2.17. The van der Waals surface area contributed by atoms with E-state index >= 15 is 0 Å². The summed E-state index contributed by atoms with van der Waals surface area (Å²) in [6.07, 6.45) is 3.33. The number of hydrogen-bond donors (Lipinski definition) is 2. The summed E-state index contributed by atoms with van der Waals surface area (Å²) in [5.41, 5.74) is 0.846. The fourth-order valence-electron chi connectivity index (χ4n) is 2.43. The normalized spacial score (nSPS) is 10.7. The van der Waals surface area contributed by atoms with Crippen molar-refractivity contribution in [1.29, 1.82) is 5.26 Å². The van der Waals surface area contributed by atoms with Gasteiger partial charge in [0.2, 0.25) is 0 Å². The summed E-state index contributed by atoms with van der Waals surface area (Å²) in [6.45, 7) is 3.14. The molecule has 0 bridgehead atoms. The first-order valence-electron chi connectivity index (χ1n) is 8.31. The van der Waals surface area contributed by atoms with Crippen LogP contribution in [0.4, 0.5) is 10.1 Å². The number of carboxylic acid groups (broad SMARTS) is 1. The predicted octanol–water partition coefficient (Wildman–Crippen LogP) is 4.33. The molecule has 8 heteroatoms. The summed E-state index contributed by atoms with van der Waals surface area (Å²) in [5, 5.41) is 20.5. The van der Waals surface area contributed by atoms with Crippen LogP contribution in [0.2, 0.25) is 0 Å². The van der Waals surface area contributed by atoms with Crippen LogP contribution in [0, 0.1) is 17.1 Å². The maximum atomic E-state index is 13.7. The minimum Gasteiger partial charge on any atom is -0.480 e. The molecule has 0 atom stereocenters. The average Bonchev–Trinajstić information content (AvgIpc) is 2.67. The van der Waals surface area contributed by atoms with Crippen molar-refractivity contribution < 1.29 is 23.8 Å². The molecule has 1 amide bonds. The average molecular weight is 459 g/mol. The van der Waals surface area contributed by atoms with E-state index in [0.29, 0.717) is 27.8 Å². The zero-order valence-electron chi connectivity index (χ0n) is 15.1. The number of rotatable bonds is 8. The summed E-state index contributed by atoms with van der Waals surface area (Å²) >= 11 is 3.32. The van der Waals surface area contributed by atoms with Gasteiger partial charge in [0, 0.05) is 0 Å². The number of aliphatic carboxylic acids is 1. The van der Waals surface area contributed by atoms with Gasteiger partial charge in [-0.3, -0.25) is 4.79 Å². The Labute approximate surface area is 175 Å². The lowest BCUT2D eigenvalue weighted by Gasteiger charge is -2.13. The van der Waals surface area contributed by atoms with Gasteiger partial charge in [0.25, 0.3) is 5.91 Å². The zero-order chi connectivity index (χ0) is 21.4. The largest absolute Gasteiger partial charge is 0.480 e. The summed E-state index contributed by atoms with van der Waals surface area (Å²) in [7, 11) is 0. The van der Waals surface area contributed by atoms with Crippen LogP contribution in [0.3, 0.4) is 0 Å². The Bertz CT molecular complexity index is 1030. The van der Waals surface area contributed by atoms with E-state index in [0.717, 1.165) is 0 Å². The van der Waals surface area contributed by atoms with Crippen LogP contribution in [-0.2, 0) is 16.0 Å². The van der Waals surface area contributed by atoms with Gasteiger partial charge in [0.05, 0.1) is 10.2 Å². The lowest BCUT2D eigenvalue weighted by Crippen LogP contribution is -2.14. The van der Waals surface area contributed by atoms with Crippen molar-refractivity contribution in [3.8, 4) is 11.8 Å². The molecule has 2 rings (SSSR count). The number of para-hydroxylation sites is 1. The Morgan fingerprint density at radius 3 is 2.69 bits per heavy atom. The zero-order valence-corrected chi connectivity index (χ0v) is 16.7. The number of hydrogen-bond acceptors (Lipinski definition) is 4. The third-order valence-corrected chi connectivity index (χ3v) is 4.23. The Morgan fingerprint density at radius 1 is 1.34 bits per heavy atom. The van der Waals surface area contributed by atoms with Crippen molar-refractivity contribution in [2.45, 2.75) is 6.42 Å². The first-order chi connectivity index (χ1) is 13.8. The van der Waals surface area contributed by atoms with Crippen molar-refractivity contribution in [1.82, 2.24) is 0 Å². The highest BCUT2D eigenvalue weighted by Gasteiger charge is 2.15. The first kappa shape index (κ1) is 21.9. The second-order valence-corrected chi connectivity index (χ2v) is 6.62. The van der Waals surface area contributed by atoms with Gasteiger partial charge in [-0.05, 0) is 63.8 Å². The van der Waals surface area contributed by atoms with Crippen molar-refractivity contribution >= 4 is 39.6 Å². The van der Waals surface area contributed by atoms with Gasteiger partial charge >= 0.3 is 5.97 Å². The van der Waals surface area contributed by atoms with Crippen LogP contribution in [0.25, 0.3) is 6.08 Å². The molecule has 0 radical (unpaired) electrons. The van der Waals surface area contributed by atoms with Crippen LogP contribution in [-0.4, -0.2) is 23.6 Å². The highest BCUT2D eigenvalue weighted by Crippen LogP contribution is 2.32. The minimum atomic E-state index is -1.12. The first-order valence-corrected chi connectivity index (χ1v) is 9.10. The smallest absolute Gasteiger partial charge is 0.341 e. The van der Waals surface area contributed by atoms with Crippen LogP contribution >= 0.6 is 15.9 Å². The van der Waals surface area contributed by atoms with Gasteiger partial charge < -0.3 is 15.2 Å². The van der Waals surface area contributed by atoms with Crippen molar-refractivity contribution in [2.75, 3.05) is 11.9 Å². The van der Waals surface area contributed by atoms with E-state index in [4.69, 9.17) is 9.84 Å². The molecule has 6 nitrogen and oxygen atoms in total. The molecule has 0 spiro atoms. The van der Waals surface area contributed by atoms with Gasteiger partial charge in [-0.2, -0.15) is 5.26 Å². The minimum absolute atomic E-state index is 0.0374. The highest BCUT2D eigenvalue weighted by atomic mass is 79.9. The maximum Gasteiger partial charge on any atom is 0.341 e. The van der Waals surface area contributed by atoms with Gasteiger partial charge in [-0.1, -0.05) is 18.2 Å². The van der Waals surface area contributed by atoms with Gasteiger partial charge in [0.15, 0.2) is 6.61 Å². The molecular formula is C21H16BrFN2O4. The Kier molecular flexibility index (Phi) is 7.69.